The average Bonchev–Trinajstić information content (AvgIpc) is 3.16. The van der Waals surface area contributed by atoms with Crippen LogP contribution in [0.15, 0.2) is 45.5 Å². The van der Waals surface area contributed by atoms with Crippen molar-refractivity contribution >= 4 is 17.3 Å². The number of hydrogen-bond donors (Lipinski definition) is 0. The minimum atomic E-state index is -0.578. The molecule has 0 unspecified atom stereocenters. The van der Waals surface area contributed by atoms with Crippen molar-refractivity contribution < 1.29 is 18.6 Å². The van der Waals surface area contributed by atoms with Gasteiger partial charge in [0.25, 0.3) is 5.89 Å². The second-order valence-corrected chi connectivity index (χ2v) is 4.59. The first-order chi connectivity index (χ1) is 10.6. The Bertz CT molecular complexity index is 800. The van der Waals surface area contributed by atoms with Gasteiger partial charge in [-0.1, -0.05) is 16.8 Å². The van der Waals surface area contributed by atoms with Crippen LogP contribution >= 0.6 is 11.6 Å². The molecule has 0 radical (unpaired) electrons. The van der Waals surface area contributed by atoms with Crippen molar-refractivity contribution in [1.82, 2.24) is 10.1 Å². The molecular weight excluding hydrogens is 314 g/mol. The van der Waals surface area contributed by atoms with Gasteiger partial charge in [0.2, 0.25) is 5.82 Å². The van der Waals surface area contributed by atoms with Gasteiger partial charge in [0.15, 0.2) is 18.1 Å². The van der Waals surface area contributed by atoms with Crippen LogP contribution in [0.4, 0.5) is 5.69 Å². The Morgan fingerprint density at radius 3 is 2.95 bits per heavy atom. The summed E-state index contributed by atoms with van der Waals surface area (Å²) in [5.41, 5.74) is -0.234. The molecule has 1 aromatic carbocycles. The maximum atomic E-state index is 10.9. The van der Waals surface area contributed by atoms with Crippen LogP contribution in [0.2, 0.25) is 5.02 Å². The second-order valence-electron chi connectivity index (χ2n) is 4.15. The molecule has 3 aromatic rings. The fraction of sp³-hybridized carbons (Fsp3) is 0.0769. The number of nitro benzene ring substituents is 1. The van der Waals surface area contributed by atoms with E-state index in [1.165, 1.54) is 24.5 Å². The van der Waals surface area contributed by atoms with E-state index in [2.05, 4.69) is 10.1 Å². The van der Waals surface area contributed by atoms with E-state index in [0.717, 1.165) is 0 Å². The van der Waals surface area contributed by atoms with E-state index in [9.17, 15) is 10.1 Å². The van der Waals surface area contributed by atoms with Gasteiger partial charge in [0.1, 0.15) is 0 Å². The molecule has 9 heteroatoms. The predicted molar refractivity (Wildman–Crippen MR) is 74.4 cm³/mol. The smallest absolute Gasteiger partial charge is 0.312 e. The summed E-state index contributed by atoms with van der Waals surface area (Å²) < 4.78 is 15.5. The molecule has 2 aromatic heterocycles. The molecule has 8 nitrogen and oxygen atoms in total. The summed E-state index contributed by atoms with van der Waals surface area (Å²) in [6.07, 6.45) is 1.48. The fourth-order valence-electron chi connectivity index (χ4n) is 1.71. The molecule has 0 saturated carbocycles. The molecule has 3 rings (SSSR count). The van der Waals surface area contributed by atoms with Crippen LogP contribution < -0.4 is 4.74 Å². The maximum absolute atomic E-state index is 10.9. The summed E-state index contributed by atoms with van der Waals surface area (Å²) in [5.74, 6) is 0.930. The third-order valence-corrected chi connectivity index (χ3v) is 2.91. The van der Waals surface area contributed by atoms with Crippen molar-refractivity contribution in [2.45, 2.75) is 6.61 Å². The van der Waals surface area contributed by atoms with Crippen LogP contribution in [-0.2, 0) is 6.61 Å². The molecule has 0 aliphatic heterocycles. The third-order valence-electron chi connectivity index (χ3n) is 2.67. The minimum Gasteiger partial charge on any atom is -0.478 e. The van der Waals surface area contributed by atoms with E-state index in [1.807, 2.05) is 0 Å². The topological polar surface area (TPSA) is 104 Å². The Kier molecular flexibility index (Phi) is 3.75. The molecule has 0 spiro atoms. The number of furan rings is 1. The number of hydrogen-bond acceptors (Lipinski definition) is 7. The highest BCUT2D eigenvalue weighted by Crippen LogP contribution is 2.30. The van der Waals surface area contributed by atoms with Crippen LogP contribution in [0.5, 0.6) is 5.75 Å². The molecule has 0 atom stereocenters. The van der Waals surface area contributed by atoms with Crippen LogP contribution in [0.1, 0.15) is 5.82 Å². The highest BCUT2D eigenvalue weighted by molar-refractivity contribution is 6.30. The monoisotopic (exact) mass is 321 g/mol. The Labute approximate surface area is 128 Å². The molecule has 0 bridgehead atoms. The van der Waals surface area contributed by atoms with Gasteiger partial charge in [-0.15, -0.1) is 0 Å². The van der Waals surface area contributed by atoms with Crippen molar-refractivity contribution in [3.05, 3.63) is 57.6 Å². The zero-order valence-electron chi connectivity index (χ0n) is 10.9. The summed E-state index contributed by atoms with van der Waals surface area (Å²) in [5, 5.41) is 14.9. The van der Waals surface area contributed by atoms with Crippen molar-refractivity contribution in [2.75, 3.05) is 0 Å². The van der Waals surface area contributed by atoms with E-state index < -0.39 is 4.92 Å². The minimum absolute atomic E-state index is 0.0683. The van der Waals surface area contributed by atoms with E-state index in [1.54, 1.807) is 12.1 Å². The summed E-state index contributed by atoms with van der Waals surface area (Å²) in [6.45, 7) is -0.0906. The van der Waals surface area contributed by atoms with E-state index >= 15 is 0 Å². The van der Waals surface area contributed by atoms with Gasteiger partial charge in [-0.25, -0.2) is 0 Å². The van der Waals surface area contributed by atoms with Gasteiger partial charge in [0.05, 0.1) is 11.2 Å². The third kappa shape index (κ3) is 2.91. The average molecular weight is 322 g/mol. The van der Waals surface area contributed by atoms with Crippen LogP contribution in [-0.4, -0.2) is 15.1 Å². The SMILES string of the molecule is O=[N+]([O-])c1cc(Cl)ccc1OCc1noc(-c2ccco2)n1. The van der Waals surface area contributed by atoms with Gasteiger partial charge < -0.3 is 13.7 Å². The largest absolute Gasteiger partial charge is 0.478 e. The van der Waals surface area contributed by atoms with Gasteiger partial charge >= 0.3 is 5.69 Å². The van der Waals surface area contributed by atoms with Crippen LogP contribution in [0, 0.1) is 10.1 Å². The molecule has 0 saturated heterocycles. The molecule has 0 N–H and O–H groups in total. The van der Waals surface area contributed by atoms with E-state index in [-0.39, 0.29) is 34.8 Å². The highest BCUT2D eigenvalue weighted by atomic mass is 35.5. The molecule has 0 fully saturated rings. The number of nitrogens with zero attached hydrogens (tertiary/aromatic N) is 3. The van der Waals surface area contributed by atoms with Crippen LogP contribution in [0.3, 0.4) is 0 Å². The molecule has 22 heavy (non-hydrogen) atoms. The first-order valence-electron chi connectivity index (χ1n) is 6.06. The zero-order chi connectivity index (χ0) is 15.5. The van der Waals surface area contributed by atoms with Gasteiger partial charge in [-0.05, 0) is 24.3 Å². The molecule has 0 aliphatic carbocycles. The standard InChI is InChI=1S/C13H8ClN3O5/c14-8-3-4-10(9(6-8)17(18)19)21-7-12-15-13(22-16-12)11-2-1-5-20-11/h1-6H,7H2. The molecule has 2 heterocycles. The first-order valence-corrected chi connectivity index (χ1v) is 6.44. The number of ether oxygens (including phenoxy) is 1. The lowest BCUT2D eigenvalue weighted by Gasteiger charge is -2.04. The molecule has 0 aliphatic rings. The van der Waals surface area contributed by atoms with Gasteiger partial charge in [0, 0.05) is 11.1 Å². The molecule has 0 amide bonds. The normalized spacial score (nSPS) is 10.6. The van der Waals surface area contributed by atoms with Crippen molar-refractivity contribution in [3.8, 4) is 17.4 Å². The Morgan fingerprint density at radius 2 is 2.23 bits per heavy atom. The van der Waals surface area contributed by atoms with E-state index in [4.69, 9.17) is 25.3 Å². The Morgan fingerprint density at radius 1 is 1.36 bits per heavy atom. The summed E-state index contributed by atoms with van der Waals surface area (Å²) in [6, 6.07) is 7.47. The van der Waals surface area contributed by atoms with Crippen LogP contribution in [0.25, 0.3) is 11.7 Å². The number of nitro groups is 1. The molecular formula is C13H8ClN3O5. The van der Waals surface area contributed by atoms with Crippen molar-refractivity contribution in [3.63, 3.8) is 0 Å². The quantitative estimate of drug-likeness (QED) is 0.523. The van der Waals surface area contributed by atoms with Crippen molar-refractivity contribution in [2.24, 2.45) is 0 Å². The Balaban J connectivity index is 1.74. The zero-order valence-corrected chi connectivity index (χ0v) is 11.7. The lowest BCUT2D eigenvalue weighted by molar-refractivity contribution is -0.385. The highest BCUT2D eigenvalue weighted by Gasteiger charge is 2.17. The maximum Gasteiger partial charge on any atom is 0.312 e. The van der Waals surface area contributed by atoms with Gasteiger partial charge in [-0.2, -0.15) is 4.98 Å². The van der Waals surface area contributed by atoms with Gasteiger partial charge in [-0.3, -0.25) is 10.1 Å². The van der Waals surface area contributed by atoms with E-state index in [0.29, 0.717) is 5.76 Å². The Hall–Kier alpha value is -2.87. The second kappa shape index (κ2) is 5.86. The number of rotatable bonds is 5. The number of aromatic nitrogens is 2. The molecule has 112 valence electrons. The lowest BCUT2D eigenvalue weighted by atomic mass is 10.3. The fourth-order valence-corrected chi connectivity index (χ4v) is 1.88. The number of halogens is 1. The summed E-state index contributed by atoms with van der Waals surface area (Å²) in [7, 11) is 0. The summed E-state index contributed by atoms with van der Waals surface area (Å²) >= 11 is 5.73. The predicted octanol–water partition coefficient (Wildman–Crippen LogP) is 3.47. The lowest BCUT2D eigenvalue weighted by Crippen LogP contribution is -2.00. The number of benzene rings is 1. The summed E-state index contributed by atoms with van der Waals surface area (Å²) in [4.78, 5) is 14.4. The van der Waals surface area contributed by atoms with Crippen molar-refractivity contribution in [1.29, 1.82) is 0 Å². The first kappa shape index (κ1) is 14.1.